The van der Waals surface area contributed by atoms with E-state index in [2.05, 4.69) is 0 Å². The summed E-state index contributed by atoms with van der Waals surface area (Å²) in [6.45, 7) is 8.96. The van der Waals surface area contributed by atoms with Gasteiger partial charge in [0.2, 0.25) is 0 Å². The fraction of sp³-hybridized carbons (Fsp3) is 0.867. The molecule has 1 atom stereocenters. The topological polar surface area (TPSA) is 61.8 Å². The van der Waals surface area contributed by atoms with E-state index in [1.165, 1.54) is 0 Å². The molecule has 0 saturated carbocycles. The van der Waals surface area contributed by atoms with Gasteiger partial charge in [0.15, 0.2) is 5.41 Å². The molecule has 5 nitrogen and oxygen atoms in total. The lowest BCUT2D eigenvalue weighted by molar-refractivity contribution is -0.178. The SMILES string of the molecule is CCOC(=O)C(CC(C)C)(C(=O)OCC)C1CCOC1. The summed E-state index contributed by atoms with van der Waals surface area (Å²) in [7, 11) is 0. The maximum Gasteiger partial charge on any atom is 0.323 e. The molecular weight excluding hydrogens is 260 g/mol. The van der Waals surface area contributed by atoms with Crippen molar-refractivity contribution in [2.75, 3.05) is 26.4 Å². The number of carbonyl (C=O) groups excluding carboxylic acids is 2. The fourth-order valence-electron chi connectivity index (χ4n) is 2.84. The highest BCUT2D eigenvalue weighted by atomic mass is 16.6. The first-order valence-electron chi connectivity index (χ1n) is 7.41. The third-order valence-electron chi connectivity index (χ3n) is 3.64. The molecule has 1 unspecified atom stereocenters. The van der Waals surface area contributed by atoms with E-state index >= 15 is 0 Å². The third kappa shape index (κ3) is 3.51. The molecule has 0 amide bonds. The minimum atomic E-state index is -1.23. The van der Waals surface area contributed by atoms with Crippen LogP contribution in [0.1, 0.15) is 40.5 Å². The monoisotopic (exact) mass is 286 g/mol. The molecule has 5 heteroatoms. The largest absolute Gasteiger partial charge is 0.465 e. The second kappa shape index (κ2) is 7.62. The molecule has 0 spiro atoms. The van der Waals surface area contributed by atoms with Crippen molar-refractivity contribution in [3.63, 3.8) is 0 Å². The van der Waals surface area contributed by atoms with Crippen molar-refractivity contribution in [1.29, 1.82) is 0 Å². The Labute approximate surface area is 121 Å². The van der Waals surface area contributed by atoms with Crippen LogP contribution in [0.5, 0.6) is 0 Å². The molecule has 1 rings (SSSR count). The predicted octanol–water partition coefficient (Wildman–Crippen LogP) is 2.18. The molecule has 1 heterocycles. The average Bonchev–Trinajstić information content (AvgIpc) is 2.90. The molecule has 0 aromatic rings. The Balaban J connectivity index is 3.15. The van der Waals surface area contributed by atoms with E-state index in [1.54, 1.807) is 13.8 Å². The van der Waals surface area contributed by atoms with Crippen LogP contribution in [0.2, 0.25) is 0 Å². The Morgan fingerprint density at radius 1 is 1.20 bits per heavy atom. The van der Waals surface area contributed by atoms with Crippen LogP contribution in [0, 0.1) is 17.3 Å². The van der Waals surface area contributed by atoms with Crippen LogP contribution in [-0.4, -0.2) is 38.4 Å². The fourth-order valence-corrected chi connectivity index (χ4v) is 2.84. The average molecular weight is 286 g/mol. The van der Waals surface area contributed by atoms with Gasteiger partial charge in [-0.15, -0.1) is 0 Å². The Morgan fingerprint density at radius 3 is 2.10 bits per heavy atom. The van der Waals surface area contributed by atoms with Crippen LogP contribution in [0.3, 0.4) is 0 Å². The number of hydrogen-bond donors (Lipinski definition) is 0. The van der Waals surface area contributed by atoms with Crippen molar-refractivity contribution in [2.45, 2.75) is 40.5 Å². The quantitative estimate of drug-likeness (QED) is 0.530. The molecule has 0 aromatic heterocycles. The van der Waals surface area contributed by atoms with Crippen LogP contribution in [0.15, 0.2) is 0 Å². The molecule has 0 bridgehead atoms. The first-order chi connectivity index (χ1) is 9.48. The summed E-state index contributed by atoms with van der Waals surface area (Å²) < 4.78 is 15.8. The van der Waals surface area contributed by atoms with Gasteiger partial charge in [0, 0.05) is 12.5 Å². The van der Waals surface area contributed by atoms with Gasteiger partial charge in [-0.05, 0) is 32.6 Å². The first-order valence-corrected chi connectivity index (χ1v) is 7.41. The molecule has 0 aliphatic carbocycles. The molecule has 1 saturated heterocycles. The van der Waals surface area contributed by atoms with E-state index in [9.17, 15) is 9.59 Å². The first kappa shape index (κ1) is 17.0. The van der Waals surface area contributed by atoms with Gasteiger partial charge in [-0.2, -0.15) is 0 Å². The van der Waals surface area contributed by atoms with Crippen molar-refractivity contribution in [2.24, 2.45) is 17.3 Å². The summed E-state index contributed by atoms with van der Waals surface area (Å²) in [6.07, 6.45) is 1.11. The lowest BCUT2D eigenvalue weighted by Crippen LogP contribution is -2.49. The number of ether oxygens (including phenoxy) is 3. The highest BCUT2D eigenvalue weighted by Gasteiger charge is 2.55. The van der Waals surface area contributed by atoms with Gasteiger partial charge in [-0.25, -0.2) is 0 Å². The zero-order valence-corrected chi connectivity index (χ0v) is 12.9. The van der Waals surface area contributed by atoms with Gasteiger partial charge in [0.1, 0.15) is 0 Å². The van der Waals surface area contributed by atoms with Crippen LogP contribution >= 0.6 is 0 Å². The number of carbonyl (C=O) groups is 2. The maximum absolute atomic E-state index is 12.5. The summed E-state index contributed by atoms with van der Waals surface area (Å²) in [5.74, 6) is -0.919. The lowest BCUT2D eigenvalue weighted by Gasteiger charge is -2.34. The van der Waals surface area contributed by atoms with E-state index in [1.807, 2.05) is 13.8 Å². The molecule has 1 fully saturated rings. The Bertz CT molecular complexity index is 313. The van der Waals surface area contributed by atoms with E-state index < -0.39 is 17.4 Å². The van der Waals surface area contributed by atoms with Gasteiger partial charge in [-0.3, -0.25) is 9.59 Å². The summed E-state index contributed by atoms with van der Waals surface area (Å²) in [5, 5.41) is 0. The maximum atomic E-state index is 12.5. The molecule has 0 radical (unpaired) electrons. The number of hydrogen-bond acceptors (Lipinski definition) is 5. The standard InChI is InChI=1S/C15H26O5/c1-5-19-13(16)15(9-11(3)4,14(17)20-6-2)12-7-8-18-10-12/h11-12H,5-10H2,1-4H3. The van der Waals surface area contributed by atoms with Gasteiger partial charge >= 0.3 is 11.9 Å². The molecule has 0 N–H and O–H groups in total. The normalized spacial score (nSPS) is 19.1. The Hall–Kier alpha value is -1.10. The highest BCUT2D eigenvalue weighted by molar-refractivity contribution is 6.00. The third-order valence-corrected chi connectivity index (χ3v) is 3.64. The van der Waals surface area contributed by atoms with Crippen molar-refractivity contribution < 1.29 is 23.8 Å². The van der Waals surface area contributed by atoms with Crippen molar-refractivity contribution in [3.8, 4) is 0 Å². The van der Waals surface area contributed by atoms with E-state index in [4.69, 9.17) is 14.2 Å². The Morgan fingerprint density at radius 2 is 1.75 bits per heavy atom. The lowest BCUT2D eigenvalue weighted by atomic mass is 9.69. The van der Waals surface area contributed by atoms with Crippen LogP contribution in [-0.2, 0) is 23.8 Å². The smallest absolute Gasteiger partial charge is 0.323 e. The molecular formula is C15H26O5. The summed E-state index contributed by atoms with van der Waals surface area (Å²) in [5.41, 5.74) is -1.23. The molecule has 0 aromatic carbocycles. The minimum Gasteiger partial charge on any atom is -0.465 e. The zero-order chi connectivity index (χ0) is 15.2. The van der Waals surface area contributed by atoms with Gasteiger partial charge in [0.05, 0.1) is 19.8 Å². The van der Waals surface area contributed by atoms with Crippen molar-refractivity contribution >= 4 is 11.9 Å². The van der Waals surface area contributed by atoms with Gasteiger partial charge in [0.25, 0.3) is 0 Å². The summed E-state index contributed by atoms with van der Waals surface area (Å²) in [4.78, 5) is 25.1. The Kier molecular flexibility index (Phi) is 6.46. The predicted molar refractivity (Wildman–Crippen MR) is 74.1 cm³/mol. The van der Waals surface area contributed by atoms with Crippen molar-refractivity contribution in [1.82, 2.24) is 0 Å². The molecule has 116 valence electrons. The summed E-state index contributed by atoms with van der Waals surface area (Å²) >= 11 is 0. The second-order valence-electron chi connectivity index (χ2n) is 5.57. The highest BCUT2D eigenvalue weighted by Crippen LogP contribution is 2.42. The molecule has 1 aliphatic rings. The van der Waals surface area contributed by atoms with E-state index in [0.717, 1.165) is 0 Å². The van der Waals surface area contributed by atoms with Crippen molar-refractivity contribution in [3.05, 3.63) is 0 Å². The van der Waals surface area contributed by atoms with Crippen LogP contribution < -0.4 is 0 Å². The molecule has 1 aliphatic heterocycles. The number of esters is 2. The van der Waals surface area contributed by atoms with Crippen LogP contribution in [0.25, 0.3) is 0 Å². The molecule has 20 heavy (non-hydrogen) atoms. The number of rotatable bonds is 7. The van der Waals surface area contributed by atoms with Crippen LogP contribution in [0.4, 0.5) is 0 Å². The van der Waals surface area contributed by atoms with E-state index in [-0.39, 0.29) is 25.0 Å². The minimum absolute atomic E-state index is 0.164. The summed E-state index contributed by atoms with van der Waals surface area (Å²) in [6, 6.07) is 0. The van der Waals surface area contributed by atoms with Gasteiger partial charge in [-0.1, -0.05) is 13.8 Å². The van der Waals surface area contributed by atoms with Gasteiger partial charge < -0.3 is 14.2 Å². The zero-order valence-electron chi connectivity index (χ0n) is 12.9. The van der Waals surface area contributed by atoms with E-state index in [0.29, 0.717) is 26.1 Å². The second-order valence-corrected chi connectivity index (χ2v) is 5.57.